The molecule has 0 saturated carbocycles. The molecular formula is C16H21NO6. The Bertz CT molecular complexity index is 557. The van der Waals surface area contributed by atoms with E-state index in [2.05, 4.69) is 10.1 Å². The summed E-state index contributed by atoms with van der Waals surface area (Å²) in [6.45, 7) is 0.213. The topological polar surface area (TPSA) is 83.1 Å². The summed E-state index contributed by atoms with van der Waals surface area (Å²) in [5.41, 5.74) is 0.711. The van der Waals surface area contributed by atoms with Crippen LogP contribution in [-0.2, 0) is 14.3 Å². The molecule has 126 valence electrons. The lowest BCUT2D eigenvalue weighted by molar-refractivity contribution is -0.140. The third kappa shape index (κ3) is 5.54. The second-order valence-electron chi connectivity index (χ2n) is 4.41. The van der Waals surface area contributed by atoms with Gasteiger partial charge in [0.15, 0.2) is 11.5 Å². The molecule has 7 heteroatoms. The van der Waals surface area contributed by atoms with Crippen LogP contribution in [0.2, 0.25) is 0 Å². The van der Waals surface area contributed by atoms with E-state index in [0.29, 0.717) is 22.8 Å². The second-order valence-corrected chi connectivity index (χ2v) is 4.41. The highest BCUT2D eigenvalue weighted by Crippen LogP contribution is 2.38. The van der Waals surface area contributed by atoms with Gasteiger partial charge in [0.2, 0.25) is 11.7 Å². The van der Waals surface area contributed by atoms with Crippen LogP contribution in [0.3, 0.4) is 0 Å². The van der Waals surface area contributed by atoms with Gasteiger partial charge in [0.05, 0.1) is 34.9 Å². The fraction of sp³-hybridized carbons (Fsp3) is 0.375. The first-order chi connectivity index (χ1) is 11.0. The van der Waals surface area contributed by atoms with Gasteiger partial charge >= 0.3 is 5.97 Å². The van der Waals surface area contributed by atoms with Crippen molar-refractivity contribution in [1.29, 1.82) is 0 Å². The zero-order valence-electron chi connectivity index (χ0n) is 13.7. The molecule has 0 radical (unpaired) electrons. The highest BCUT2D eigenvalue weighted by atomic mass is 16.5. The van der Waals surface area contributed by atoms with E-state index in [1.165, 1.54) is 34.5 Å². The Morgan fingerprint density at radius 3 is 2.13 bits per heavy atom. The number of nitrogens with one attached hydrogen (secondary N) is 1. The molecule has 0 heterocycles. The fourth-order valence-corrected chi connectivity index (χ4v) is 1.82. The van der Waals surface area contributed by atoms with Crippen LogP contribution in [0.5, 0.6) is 17.2 Å². The van der Waals surface area contributed by atoms with Crippen LogP contribution < -0.4 is 19.5 Å². The number of methoxy groups -OCH3 is 4. The van der Waals surface area contributed by atoms with Crippen molar-refractivity contribution in [2.45, 2.75) is 6.42 Å². The summed E-state index contributed by atoms with van der Waals surface area (Å²) in [5.74, 6) is 0.784. The largest absolute Gasteiger partial charge is 0.493 e. The minimum atomic E-state index is -0.376. The van der Waals surface area contributed by atoms with Crippen molar-refractivity contribution < 1.29 is 28.5 Å². The summed E-state index contributed by atoms with van der Waals surface area (Å²) in [7, 11) is 5.85. The van der Waals surface area contributed by atoms with Gasteiger partial charge in [-0.3, -0.25) is 9.59 Å². The quantitative estimate of drug-likeness (QED) is 0.575. The lowest BCUT2D eigenvalue weighted by Crippen LogP contribution is -2.24. The highest BCUT2D eigenvalue weighted by Gasteiger charge is 2.12. The number of hydrogen-bond acceptors (Lipinski definition) is 6. The predicted octanol–water partition coefficient (Wildman–Crippen LogP) is 1.40. The van der Waals surface area contributed by atoms with E-state index in [-0.39, 0.29) is 24.8 Å². The van der Waals surface area contributed by atoms with E-state index in [1.807, 2.05) is 0 Å². The molecule has 0 spiro atoms. The zero-order chi connectivity index (χ0) is 17.2. The first kappa shape index (κ1) is 18.3. The minimum absolute atomic E-state index is 0.125. The van der Waals surface area contributed by atoms with Crippen molar-refractivity contribution in [3.05, 3.63) is 23.8 Å². The van der Waals surface area contributed by atoms with Crippen molar-refractivity contribution in [3.63, 3.8) is 0 Å². The number of hydrogen-bond donors (Lipinski definition) is 1. The summed E-state index contributed by atoms with van der Waals surface area (Å²) in [5, 5.41) is 2.58. The molecule has 0 bridgehead atoms. The van der Waals surface area contributed by atoms with Crippen molar-refractivity contribution >= 4 is 18.0 Å². The number of benzene rings is 1. The monoisotopic (exact) mass is 323 g/mol. The number of amides is 1. The number of rotatable bonds is 8. The molecule has 0 aliphatic heterocycles. The molecule has 1 aromatic rings. The molecule has 0 unspecified atom stereocenters. The Morgan fingerprint density at radius 1 is 1.04 bits per heavy atom. The van der Waals surface area contributed by atoms with Gasteiger partial charge in [0, 0.05) is 12.6 Å². The maximum Gasteiger partial charge on any atom is 0.307 e. The SMILES string of the molecule is COC(=O)CCNC(=O)/C=C/c1cc(OC)c(OC)c(OC)c1. The standard InChI is InChI=1S/C16H21NO6/c1-20-12-9-11(10-13(21-2)16(12)23-4)5-6-14(18)17-8-7-15(19)22-3/h5-6,9-10H,7-8H2,1-4H3,(H,17,18)/b6-5+. The van der Waals surface area contributed by atoms with Gasteiger partial charge < -0.3 is 24.3 Å². The van der Waals surface area contributed by atoms with Gasteiger partial charge in [-0.15, -0.1) is 0 Å². The van der Waals surface area contributed by atoms with Gasteiger partial charge in [-0.05, 0) is 23.8 Å². The van der Waals surface area contributed by atoms with Crippen LogP contribution in [0.4, 0.5) is 0 Å². The van der Waals surface area contributed by atoms with Gasteiger partial charge in [-0.1, -0.05) is 0 Å². The number of carbonyl (C=O) groups is 2. The van der Waals surface area contributed by atoms with Crippen molar-refractivity contribution in [3.8, 4) is 17.2 Å². The van der Waals surface area contributed by atoms with E-state index in [9.17, 15) is 9.59 Å². The molecule has 1 amide bonds. The van der Waals surface area contributed by atoms with Gasteiger partial charge in [0.1, 0.15) is 0 Å². The third-order valence-electron chi connectivity index (χ3n) is 2.97. The predicted molar refractivity (Wildman–Crippen MR) is 84.8 cm³/mol. The Morgan fingerprint density at radius 2 is 1.65 bits per heavy atom. The molecule has 7 nitrogen and oxygen atoms in total. The summed E-state index contributed by atoms with van der Waals surface area (Å²) in [6, 6.07) is 3.44. The smallest absolute Gasteiger partial charge is 0.307 e. The molecular weight excluding hydrogens is 302 g/mol. The van der Waals surface area contributed by atoms with Gasteiger partial charge in [-0.2, -0.15) is 0 Å². The van der Waals surface area contributed by atoms with E-state index >= 15 is 0 Å². The Labute approximate surface area is 135 Å². The summed E-state index contributed by atoms with van der Waals surface area (Å²) < 4.78 is 20.2. The fourth-order valence-electron chi connectivity index (χ4n) is 1.82. The molecule has 0 aromatic heterocycles. The highest BCUT2D eigenvalue weighted by molar-refractivity contribution is 5.92. The van der Waals surface area contributed by atoms with Gasteiger partial charge in [-0.25, -0.2) is 0 Å². The van der Waals surface area contributed by atoms with Crippen LogP contribution in [0.15, 0.2) is 18.2 Å². The number of ether oxygens (including phenoxy) is 4. The van der Waals surface area contributed by atoms with Crippen LogP contribution in [0, 0.1) is 0 Å². The van der Waals surface area contributed by atoms with Crippen LogP contribution in [0.25, 0.3) is 6.08 Å². The Balaban J connectivity index is 2.76. The van der Waals surface area contributed by atoms with Crippen molar-refractivity contribution in [1.82, 2.24) is 5.32 Å². The molecule has 23 heavy (non-hydrogen) atoms. The number of carbonyl (C=O) groups excluding carboxylic acids is 2. The summed E-state index contributed by atoms with van der Waals surface area (Å²) in [6.07, 6.45) is 3.09. The molecule has 0 aliphatic carbocycles. The van der Waals surface area contributed by atoms with Crippen LogP contribution in [-0.4, -0.2) is 46.9 Å². The lowest BCUT2D eigenvalue weighted by Gasteiger charge is -2.12. The van der Waals surface area contributed by atoms with Crippen molar-refractivity contribution in [2.24, 2.45) is 0 Å². The zero-order valence-corrected chi connectivity index (χ0v) is 13.7. The second kappa shape index (κ2) is 9.34. The minimum Gasteiger partial charge on any atom is -0.493 e. The van der Waals surface area contributed by atoms with Crippen molar-refractivity contribution in [2.75, 3.05) is 35.0 Å². The third-order valence-corrected chi connectivity index (χ3v) is 2.97. The van der Waals surface area contributed by atoms with Crippen LogP contribution in [0.1, 0.15) is 12.0 Å². The lowest BCUT2D eigenvalue weighted by atomic mass is 10.1. The van der Waals surface area contributed by atoms with E-state index in [1.54, 1.807) is 18.2 Å². The first-order valence-electron chi connectivity index (χ1n) is 6.88. The maximum absolute atomic E-state index is 11.7. The average molecular weight is 323 g/mol. The number of esters is 1. The molecule has 1 N–H and O–H groups in total. The summed E-state index contributed by atoms with van der Waals surface area (Å²) in [4.78, 5) is 22.6. The molecule has 0 aliphatic rings. The first-order valence-corrected chi connectivity index (χ1v) is 6.88. The molecule has 1 aromatic carbocycles. The molecule has 0 saturated heterocycles. The molecule has 0 fully saturated rings. The van der Waals surface area contributed by atoms with E-state index in [4.69, 9.17) is 14.2 Å². The Kier molecular flexibility index (Phi) is 7.45. The molecule has 1 rings (SSSR count). The van der Waals surface area contributed by atoms with Gasteiger partial charge in [0.25, 0.3) is 0 Å². The average Bonchev–Trinajstić information content (AvgIpc) is 2.58. The Hall–Kier alpha value is -2.70. The normalized spacial score (nSPS) is 10.3. The van der Waals surface area contributed by atoms with E-state index < -0.39 is 0 Å². The maximum atomic E-state index is 11.7. The summed E-state index contributed by atoms with van der Waals surface area (Å²) >= 11 is 0. The van der Waals surface area contributed by atoms with E-state index in [0.717, 1.165) is 0 Å². The van der Waals surface area contributed by atoms with Crippen LogP contribution >= 0.6 is 0 Å². The molecule has 0 atom stereocenters.